The minimum Gasteiger partial charge on any atom is -0.0925 e. The van der Waals surface area contributed by atoms with E-state index in [0.29, 0.717) is 0 Å². The molecule has 0 bridgehead atoms. The van der Waals surface area contributed by atoms with E-state index in [-0.39, 0.29) is 0 Å². The third-order valence-electron chi connectivity index (χ3n) is 1.31. The molecule has 0 nitrogen and oxygen atoms in total. The van der Waals surface area contributed by atoms with Gasteiger partial charge in [0.15, 0.2) is 0 Å². The molecular weight excluding hydrogens is 144 g/mol. The van der Waals surface area contributed by atoms with Crippen LogP contribution in [0.5, 0.6) is 0 Å². The number of rotatable bonds is 3. The van der Waals surface area contributed by atoms with Crippen LogP contribution in [-0.2, 0) is 0 Å². The van der Waals surface area contributed by atoms with Gasteiger partial charge in [-0.05, 0) is 37.0 Å². The lowest BCUT2D eigenvalue weighted by atomic mass is 10.2. The average Bonchev–Trinajstić information content (AvgIpc) is 2.10. The highest BCUT2D eigenvalue weighted by Gasteiger charge is 1.79. The average molecular weight is 158 g/mol. The van der Waals surface area contributed by atoms with E-state index in [2.05, 4.69) is 42.4 Å². The van der Waals surface area contributed by atoms with Gasteiger partial charge in [0.2, 0.25) is 0 Å². The lowest BCUT2D eigenvalue weighted by Gasteiger charge is -1.86. The second-order valence-electron chi connectivity index (χ2n) is 2.38. The Kier molecular flexibility index (Phi) is 8.62. The Morgan fingerprint density at radius 2 is 1.67 bits per heavy atom. The van der Waals surface area contributed by atoms with E-state index < -0.39 is 0 Å². The molecule has 0 aliphatic rings. The van der Waals surface area contributed by atoms with Crippen LogP contribution in [0, 0.1) is 35.5 Å². The summed E-state index contributed by atoms with van der Waals surface area (Å²) in [5, 5.41) is 0. The van der Waals surface area contributed by atoms with Crippen molar-refractivity contribution >= 4 is 0 Å². The number of hydrogen-bond donors (Lipinski definition) is 0. The highest BCUT2D eigenvalue weighted by Crippen LogP contribution is 1.96. The van der Waals surface area contributed by atoms with E-state index in [0.717, 1.165) is 6.42 Å². The van der Waals surface area contributed by atoms with Crippen molar-refractivity contribution in [1.82, 2.24) is 0 Å². The smallest absolute Gasteiger partial charge is 0.00989 e. The monoisotopic (exact) mass is 158 g/mol. The summed E-state index contributed by atoms with van der Waals surface area (Å²) in [6.07, 6.45) is 4.65. The van der Waals surface area contributed by atoms with Crippen LogP contribution in [0.3, 0.4) is 0 Å². The van der Waals surface area contributed by atoms with Crippen molar-refractivity contribution < 1.29 is 0 Å². The highest BCUT2D eigenvalue weighted by molar-refractivity contribution is 5.35. The Balaban J connectivity index is 3.47. The second-order valence-corrected chi connectivity index (χ2v) is 2.38. The molecule has 0 unspecified atom stereocenters. The standard InChI is InChI=1S/C12H14/c1-3-5-7-9-11-12-10-8-6-4-2/h3,5,7,9H2,1-2H3. The van der Waals surface area contributed by atoms with Crippen molar-refractivity contribution in [2.75, 3.05) is 0 Å². The van der Waals surface area contributed by atoms with Crippen LogP contribution in [0.1, 0.15) is 39.5 Å². The second kappa shape index (κ2) is 9.68. The van der Waals surface area contributed by atoms with Gasteiger partial charge in [-0.1, -0.05) is 31.6 Å². The zero-order chi connectivity index (χ0) is 9.07. The van der Waals surface area contributed by atoms with E-state index in [9.17, 15) is 0 Å². The third-order valence-corrected chi connectivity index (χ3v) is 1.31. The van der Waals surface area contributed by atoms with Crippen LogP contribution in [0.2, 0.25) is 0 Å². The van der Waals surface area contributed by atoms with Gasteiger partial charge in [0.05, 0.1) is 0 Å². The van der Waals surface area contributed by atoms with Crippen molar-refractivity contribution in [3.63, 3.8) is 0 Å². The van der Waals surface area contributed by atoms with Gasteiger partial charge >= 0.3 is 0 Å². The molecule has 0 N–H and O–H groups in total. The Morgan fingerprint density at radius 3 is 2.33 bits per heavy atom. The summed E-state index contributed by atoms with van der Waals surface area (Å²) in [6, 6.07) is 0. The first kappa shape index (κ1) is 10.7. The molecule has 0 heterocycles. The predicted octanol–water partition coefficient (Wildman–Crippen LogP) is 2.60. The maximum Gasteiger partial charge on any atom is 0.00989 e. The largest absolute Gasteiger partial charge is 0.0925 e. The van der Waals surface area contributed by atoms with Gasteiger partial charge in [-0.25, -0.2) is 0 Å². The maximum atomic E-state index is 2.99. The first-order chi connectivity index (χ1) is 5.91. The molecule has 0 atom stereocenters. The van der Waals surface area contributed by atoms with Crippen LogP contribution in [0.25, 0.3) is 0 Å². The molecule has 0 fully saturated rings. The van der Waals surface area contributed by atoms with Crippen molar-refractivity contribution in [1.29, 1.82) is 0 Å². The summed E-state index contributed by atoms with van der Waals surface area (Å²) < 4.78 is 0. The molecule has 0 saturated heterocycles. The first-order valence-electron chi connectivity index (χ1n) is 4.31. The van der Waals surface area contributed by atoms with Crippen molar-refractivity contribution in [2.45, 2.75) is 39.5 Å². The topological polar surface area (TPSA) is 0 Å². The Morgan fingerprint density at radius 1 is 0.917 bits per heavy atom. The fourth-order valence-electron chi connectivity index (χ4n) is 0.695. The molecule has 12 heavy (non-hydrogen) atoms. The lowest BCUT2D eigenvalue weighted by molar-refractivity contribution is 0.737. The summed E-state index contributed by atoms with van der Waals surface area (Å²) in [7, 11) is 0. The summed E-state index contributed by atoms with van der Waals surface area (Å²) in [4.78, 5) is 0. The molecule has 0 radical (unpaired) electrons. The summed E-state index contributed by atoms with van der Waals surface area (Å²) in [6.45, 7) is 3.95. The first-order valence-corrected chi connectivity index (χ1v) is 4.31. The van der Waals surface area contributed by atoms with Gasteiger partial charge in [-0.3, -0.25) is 0 Å². The van der Waals surface area contributed by atoms with E-state index in [1.807, 2.05) is 0 Å². The van der Waals surface area contributed by atoms with Crippen LogP contribution >= 0.6 is 0 Å². The molecule has 0 saturated carbocycles. The molecule has 0 aromatic heterocycles. The molecule has 0 aromatic carbocycles. The fraction of sp³-hybridized carbons (Fsp3) is 0.500. The predicted molar refractivity (Wildman–Crippen MR) is 53.1 cm³/mol. The zero-order valence-corrected chi connectivity index (χ0v) is 7.83. The highest BCUT2D eigenvalue weighted by atomic mass is 13.8. The van der Waals surface area contributed by atoms with Gasteiger partial charge in [-0.15, -0.1) is 0 Å². The molecular formula is C12H14. The SMILES string of the molecule is CC#CC#CC#CCCCCC. The van der Waals surface area contributed by atoms with Crippen LogP contribution in [0.15, 0.2) is 0 Å². The van der Waals surface area contributed by atoms with E-state index in [4.69, 9.17) is 0 Å². The van der Waals surface area contributed by atoms with Gasteiger partial charge in [0.1, 0.15) is 0 Å². The number of unbranched alkanes of at least 4 members (excludes halogenated alkanes) is 3. The van der Waals surface area contributed by atoms with Gasteiger partial charge in [0, 0.05) is 6.42 Å². The van der Waals surface area contributed by atoms with E-state index in [1.165, 1.54) is 19.3 Å². The van der Waals surface area contributed by atoms with Gasteiger partial charge in [-0.2, -0.15) is 0 Å². The molecule has 0 aliphatic carbocycles. The van der Waals surface area contributed by atoms with Gasteiger partial charge < -0.3 is 0 Å². The van der Waals surface area contributed by atoms with E-state index >= 15 is 0 Å². The van der Waals surface area contributed by atoms with Crippen molar-refractivity contribution in [3.8, 4) is 35.5 Å². The molecule has 0 aliphatic heterocycles. The summed E-state index contributed by atoms with van der Waals surface area (Å²) in [5.74, 6) is 16.4. The van der Waals surface area contributed by atoms with Gasteiger partial charge in [0.25, 0.3) is 0 Å². The molecule has 0 spiro atoms. The summed E-state index contributed by atoms with van der Waals surface area (Å²) in [5.41, 5.74) is 0. The normalized spacial score (nSPS) is 6.50. The fourth-order valence-corrected chi connectivity index (χ4v) is 0.695. The van der Waals surface area contributed by atoms with Crippen molar-refractivity contribution in [3.05, 3.63) is 0 Å². The summed E-state index contributed by atoms with van der Waals surface area (Å²) >= 11 is 0. The Bertz CT molecular complexity index is 264. The zero-order valence-electron chi connectivity index (χ0n) is 7.83. The lowest BCUT2D eigenvalue weighted by Crippen LogP contribution is -1.70. The Hall–Kier alpha value is -1.32. The molecule has 0 rings (SSSR count). The molecule has 62 valence electrons. The van der Waals surface area contributed by atoms with Crippen LogP contribution in [-0.4, -0.2) is 0 Å². The van der Waals surface area contributed by atoms with E-state index in [1.54, 1.807) is 6.92 Å². The number of hydrogen-bond acceptors (Lipinski definition) is 0. The minimum atomic E-state index is 0.960. The van der Waals surface area contributed by atoms with Crippen molar-refractivity contribution in [2.24, 2.45) is 0 Å². The quantitative estimate of drug-likeness (QED) is 0.437. The molecule has 0 heteroatoms. The maximum absolute atomic E-state index is 2.99. The Labute approximate surface area is 75.8 Å². The van der Waals surface area contributed by atoms with Crippen LogP contribution < -0.4 is 0 Å². The third kappa shape index (κ3) is 8.68. The van der Waals surface area contributed by atoms with Crippen LogP contribution in [0.4, 0.5) is 0 Å². The molecule has 0 aromatic rings. The molecule has 0 amide bonds. The minimum absolute atomic E-state index is 0.960.